The molecule has 208 valence electrons. The lowest BCUT2D eigenvalue weighted by atomic mass is 9.69. The van der Waals surface area contributed by atoms with Crippen molar-refractivity contribution in [3.05, 3.63) is 57.3 Å². The van der Waals surface area contributed by atoms with Crippen LogP contribution in [0.15, 0.2) is 35.6 Å². The molecule has 3 atom stereocenters. The lowest BCUT2D eigenvalue weighted by Gasteiger charge is -2.38. The van der Waals surface area contributed by atoms with Crippen molar-refractivity contribution < 1.29 is 48.3 Å². The Morgan fingerprint density at radius 2 is 1.77 bits per heavy atom. The van der Waals surface area contributed by atoms with Crippen LogP contribution in [0.2, 0.25) is 5.02 Å². The van der Waals surface area contributed by atoms with Crippen molar-refractivity contribution in [1.82, 2.24) is 0 Å². The number of ether oxygens (including phenoxy) is 5. The zero-order chi connectivity index (χ0) is 28.6. The summed E-state index contributed by atoms with van der Waals surface area (Å²) in [5, 5.41) is 21.7. The first-order valence-electron chi connectivity index (χ1n) is 12.1. The fourth-order valence-electron chi connectivity index (χ4n) is 5.31. The number of aliphatic hydroxyl groups excluding tert-OH is 2. The van der Waals surface area contributed by atoms with Crippen LogP contribution >= 0.6 is 11.6 Å². The highest BCUT2D eigenvalue weighted by Crippen LogP contribution is 2.55. The van der Waals surface area contributed by atoms with E-state index in [2.05, 4.69) is 0 Å². The number of Topliss-reactive ketones (excluding diaryl/α,β-unsaturated/α-hetero) is 2. The number of hydrogen-bond acceptors (Lipinski definition) is 10. The number of methoxy groups -OCH3 is 4. The number of rotatable bonds is 8. The molecule has 0 saturated carbocycles. The molecule has 1 spiro atoms. The van der Waals surface area contributed by atoms with Gasteiger partial charge in [0.1, 0.15) is 27.8 Å². The Hall–Kier alpha value is -3.76. The Morgan fingerprint density at radius 1 is 1.10 bits per heavy atom. The van der Waals surface area contributed by atoms with Crippen molar-refractivity contribution in [2.45, 2.75) is 37.9 Å². The predicted octanol–water partition coefficient (Wildman–Crippen LogP) is 3.94. The van der Waals surface area contributed by atoms with Gasteiger partial charge in [-0.25, -0.2) is 0 Å². The van der Waals surface area contributed by atoms with Crippen LogP contribution in [-0.4, -0.2) is 61.8 Å². The van der Waals surface area contributed by atoms with E-state index in [4.69, 9.17) is 35.3 Å². The molecule has 0 aromatic heterocycles. The number of allylic oxidation sites excluding steroid dienone is 1. The van der Waals surface area contributed by atoms with Crippen LogP contribution in [0.4, 0.5) is 0 Å². The third kappa shape index (κ3) is 4.37. The van der Waals surface area contributed by atoms with Crippen LogP contribution in [0.1, 0.15) is 47.2 Å². The summed E-state index contributed by atoms with van der Waals surface area (Å²) in [6.45, 7) is 1.23. The van der Waals surface area contributed by atoms with Crippen LogP contribution in [0, 0.1) is 5.92 Å². The van der Waals surface area contributed by atoms with E-state index in [1.807, 2.05) is 0 Å². The Morgan fingerprint density at radius 3 is 2.36 bits per heavy atom. The second-order valence-corrected chi connectivity index (χ2v) is 9.70. The van der Waals surface area contributed by atoms with E-state index < -0.39 is 40.7 Å². The molecule has 2 aromatic rings. The smallest absolute Gasteiger partial charge is 0.306 e. The highest BCUT2D eigenvalue weighted by molar-refractivity contribution is 6.35. The molecular weight excluding hydrogens is 532 g/mol. The maximum absolute atomic E-state index is 14.0. The highest BCUT2D eigenvalue weighted by atomic mass is 35.5. The first kappa shape index (κ1) is 28.3. The van der Waals surface area contributed by atoms with E-state index in [1.165, 1.54) is 34.5 Å². The van der Waals surface area contributed by atoms with E-state index >= 15 is 0 Å². The first-order chi connectivity index (χ1) is 18.6. The number of halogens is 1. The molecule has 2 aliphatic rings. The van der Waals surface area contributed by atoms with Crippen molar-refractivity contribution in [1.29, 1.82) is 0 Å². The maximum atomic E-state index is 14.0. The van der Waals surface area contributed by atoms with Gasteiger partial charge in [-0.05, 0) is 17.7 Å². The molecule has 1 aliphatic heterocycles. The third-order valence-corrected chi connectivity index (χ3v) is 7.69. The molecule has 39 heavy (non-hydrogen) atoms. The zero-order valence-electron chi connectivity index (χ0n) is 22.1. The Bertz CT molecular complexity index is 1380. The van der Waals surface area contributed by atoms with Crippen LogP contribution in [0.25, 0.3) is 0 Å². The highest BCUT2D eigenvalue weighted by Gasteiger charge is 2.61. The summed E-state index contributed by atoms with van der Waals surface area (Å²) < 4.78 is 27.0. The van der Waals surface area contributed by atoms with Crippen molar-refractivity contribution in [3.8, 4) is 23.0 Å². The zero-order valence-corrected chi connectivity index (χ0v) is 22.9. The number of ketones is 2. The second-order valence-electron chi connectivity index (χ2n) is 9.32. The van der Waals surface area contributed by atoms with E-state index in [9.17, 15) is 24.6 Å². The molecule has 0 bridgehead atoms. The van der Waals surface area contributed by atoms with E-state index in [0.717, 1.165) is 0 Å². The number of hydrogen-bond donors (Lipinski definition) is 2. The van der Waals surface area contributed by atoms with Gasteiger partial charge in [0.05, 0.1) is 41.5 Å². The van der Waals surface area contributed by atoms with Gasteiger partial charge in [-0.15, -0.1) is 0 Å². The van der Waals surface area contributed by atoms with Gasteiger partial charge in [0.2, 0.25) is 11.4 Å². The average molecular weight is 561 g/mol. The summed E-state index contributed by atoms with van der Waals surface area (Å²) in [5.74, 6) is -3.54. The van der Waals surface area contributed by atoms with Gasteiger partial charge < -0.3 is 33.9 Å². The monoisotopic (exact) mass is 560 g/mol. The Balaban J connectivity index is 1.96. The van der Waals surface area contributed by atoms with Crippen molar-refractivity contribution in [2.75, 3.05) is 28.4 Å². The number of fused-ring (bicyclic) bond motifs is 1. The largest absolute Gasteiger partial charge is 0.507 e. The minimum absolute atomic E-state index is 0.00540. The molecule has 1 aliphatic carbocycles. The molecule has 0 fully saturated rings. The van der Waals surface area contributed by atoms with Crippen LogP contribution in [0.3, 0.4) is 0 Å². The minimum Gasteiger partial charge on any atom is -0.507 e. The second kappa shape index (κ2) is 10.8. The van der Waals surface area contributed by atoms with E-state index in [1.54, 1.807) is 25.1 Å². The minimum atomic E-state index is -2.00. The van der Waals surface area contributed by atoms with Gasteiger partial charge in [0.15, 0.2) is 17.3 Å². The van der Waals surface area contributed by atoms with Gasteiger partial charge in [-0.3, -0.25) is 14.4 Å². The van der Waals surface area contributed by atoms with Crippen molar-refractivity contribution in [2.24, 2.45) is 5.92 Å². The summed E-state index contributed by atoms with van der Waals surface area (Å²) in [6.07, 6.45) is -0.501. The molecule has 2 N–H and O–H groups in total. The SMILES string of the molecule is COC(=O)C[C@H](C1=C(O)[C@@]2(Oc3c(Cl)c(OC)cc(OC)c3C2=O)[C@H](C)CC1=O)c1ccc(OC)c(CO)c1. The molecular formula is C28H29ClO10. The lowest BCUT2D eigenvalue weighted by molar-refractivity contribution is -0.140. The van der Waals surface area contributed by atoms with Crippen molar-refractivity contribution in [3.63, 3.8) is 0 Å². The summed E-state index contributed by atoms with van der Waals surface area (Å²) in [5.41, 5.74) is -1.34. The average Bonchev–Trinajstić information content (AvgIpc) is 3.25. The van der Waals surface area contributed by atoms with Gasteiger partial charge in [-0.2, -0.15) is 0 Å². The number of carbonyl (C=O) groups excluding carboxylic acids is 3. The predicted molar refractivity (Wildman–Crippen MR) is 139 cm³/mol. The normalized spacial score (nSPS) is 20.9. The summed E-state index contributed by atoms with van der Waals surface area (Å²) in [7, 11) is 5.41. The van der Waals surface area contributed by atoms with E-state index in [-0.39, 0.29) is 52.9 Å². The molecule has 11 heteroatoms. The maximum Gasteiger partial charge on any atom is 0.306 e. The van der Waals surface area contributed by atoms with Crippen LogP contribution in [-0.2, 0) is 20.9 Å². The number of aliphatic hydroxyl groups is 2. The molecule has 10 nitrogen and oxygen atoms in total. The fourth-order valence-corrected chi connectivity index (χ4v) is 5.58. The van der Waals surface area contributed by atoms with Crippen molar-refractivity contribution >= 4 is 29.1 Å². The van der Waals surface area contributed by atoms with Gasteiger partial charge >= 0.3 is 5.97 Å². The molecule has 4 rings (SSSR count). The lowest BCUT2D eigenvalue weighted by Crippen LogP contribution is -2.53. The third-order valence-electron chi connectivity index (χ3n) is 7.34. The summed E-state index contributed by atoms with van der Waals surface area (Å²) in [4.78, 5) is 40.0. The van der Waals surface area contributed by atoms with Gasteiger partial charge in [-0.1, -0.05) is 24.6 Å². The molecule has 1 heterocycles. The fraction of sp³-hybridized carbons (Fsp3) is 0.393. The number of benzene rings is 2. The molecule has 2 aromatic carbocycles. The summed E-state index contributed by atoms with van der Waals surface area (Å²) >= 11 is 6.50. The first-order valence-corrected chi connectivity index (χ1v) is 12.5. The molecule has 0 unspecified atom stereocenters. The Labute approximate surface area is 230 Å². The molecule has 0 amide bonds. The van der Waals surface area contributed by atoms with E-state index in [0.29, 0.717) is 16.9 Å². The number of esters is 1. The summed E-state index contributed by atoms with van der Waals surface area (Å²) in [6, 6.07) is 6.20. The standard InChI is InChI=1S/C28H29ClO10/c1-13-8-17(31)22(16(10-21(32)38-5)14-6-7-18(35-2)15(9-14)12-30)26(33)28(13)27(34)23-19(36-3)11-20(37-4)24(29)25(23)39-28/h6-7,9,11,13,16,30,33H,8,10,12H2,1-5H3/t13-,16+,28+/m1/s1. The van der Waals surface area contributed by atoms with Crippen LogP contribution < -0.4 is 18.9 Å². The number of carbonyl (C=O) groups is 3. The van der Waals surface area contributed by atoms with Crippen LogP contribution in [0.5, 0.6) is 23.0 Å². The Kier molecular flexibility index (Phi) is 7.81. The van der Waals surface area contributed by atoms with Gasteiger partial charge in [0.25, 0.3) is 0 Å². The topological polar surface area (TPSA) is 138 Å². The van der Waals surface area contributed by atoms with Gasteiger partial charge in [0, 0.05) is 35.5 Å². The quantitative estimate of drug-likeness (QED) is 0.456. The molecule has 0 radical (unpaired) electrons. The molecule has 0 saturated heterocycles.